The predicted octanol–water partition coefficient (Wildman–Crippen LogP) is 2.12. The van der Waals surface area contributed by atoms with Gasteiger partial charge in [-0.2, -0.15) is 0 Å². The molecule has 1 saturated heterocycles. The Morgan fingerprint density at radius 2 is 2.13 bits per heavy atom. The van der Waals surface area contributed by atoms with Crippen LogP contribution in [0.15, 0.2) is 0 Å². The SMILES string of the molecule is CCC1(C(=O)O)CNCC(C(C)(C)C)C1. The fraction of sp³-hybridized carbons (Fsp3) is 0.917. The standard InChI is InChI=1S/C12H23NO2/c1-5-12(10(14)15)6-9(7-13-8-12)11(2,3)4/h9,13H,5-8H2,1-4H3,(H,14,15). The maximum atomic E-state index is 11.3. The quantitative estimate of drug-likeness (QED) is 0.738. The molecule has 1 aliphatic heterocycles. The number of aliphatic carboxylic acids is 1. The topological polar surface area (TPSA) is 49.3 Å². The van der Waals surface area contributed by atoms with E-state index in [4.69, 9.17) is 0 Å². The van der Waals surface area contributed by atoms with Gasteiger partial charge in [-0.05, 0) is 30.7 Å². The van der Waals surface area contributed by atoms with Gasteiger partial charge in [-0.15, -0.1) is 0 Å². The lowest BCUT2D eigenvalue weighted by Crippen LogP contribution is -2.51. The van der Waals surface area contributed by atoms with E-state index in [1.165, 1.54) is 0 Å². The van der Waals surface area contributed by atoms with Gasteiger partial charge in [0.25, 0.3) is 0 Å². The van der Waals surface area contributed by atoms with Crippen LogP contribution in [0.2, 0.25) is 0 Å². The van der Waals surface area contributed by atoms with E-state index in [0.717, 1.165) is 13.0 Å². The Kier molecular flexibility index (Phi) is 3.44. The van der Waals surface area contributed by atoms with Gasteiger partial charge in [0, 0.05) is 6.54 Å². The molecule has 2 unspecified atom stereocenters. The molecule has 1 heterocycles. The van der Waals surface area contributed by atoms with Crippen LogP contribution >= 0.6 is 0 Å². The van der Waals surface area contributed by atoms with Crippen LogP contribution in [0.3, 0.4) is 0 Å². The molecule has 0 amide bonds. The summed E-state index contributed by atoms with van der Waals surface area (Å²) >= 11 is 0. The molecule has 3 nitrogen and oxygen atoms in total. The predicted molar refractivity (Wildman–Crippen MR) is 60.8 cm³/mol. The molecule has 1 fully saturated rings. The Bertz CT molecular complexity index is 244. The van der Waals surface area contributed by atoms with Gasteiger partial charge < -0.3 is 10.4 Å². The molecular formula is C12H23NO2. The van der Waals surface area contributed by atoms with Gasteiger partial charge in [-0.3, -0.25) is 4.79 Å². The minimum Gasteiger partial charge on any atom is -0.481 e. The molecule has 2 N–H and O–H groups in total. The van der Waals surface area contributed by atoms with E-state index in [-0.39, 0.29) is 5.41 Å². The highest BCUT2D eigenvalue weighted by Crippen LogP contribution is 2.40. The zero-order valence-corrected chi connectivity index (χ0v) is 10.3. The maximum absolute atomic E-state index is 11.3. The number of hydrogen-bond acceptors (Lipinski definition) is 2. The first-order valence-electron chi connectivity index (χ1n) is 5.76. The largest absolute Gasteiger partial charge is 0.481 e. The molecule has 1 aliphatic rings. The number of rotatable bonds is 2. The Hall–Kier alpha value is -0.570. The highest BCUT2D eigenvalue weighted by atomic mass is 16.4. The normalized spacial score (nSPS) is 32.7. The zero-order chi connectivity index (χ0) is 11.7. The summed E-state index contributed by atoms with van der Waals surface area (Å²) in [4.78, 5) is 11.3. The molecule has 0 aromatic heterocycles. The summed E-state index contributed by atoms with van der Waals surface area (Å²) in [6.45, 7) is 10.1. The highest BCUT2D eigenvalue weighted by Gasteiger charge is 2.44. The number of piperidine rings is 1. The third kappa shape index (κ3) is 2.51. The van der Waals surface area contributed by atoms with E-state index in [0.29, 0.717) is 18.9 Å². The van der Waals surface area contributed by atoms with Crippen molar-refractivity contribution in [1.29, 1.82) is 0 Å². The van der Waals surface area contributed by atoms with Crippen LogP contribution in [0.25, 0.3) is 0 Å². The van der Waals surface area contributed by atoms with E-state index in [1.54, 1.807) is 0 Å². The third-order valence-electron chi connectivity index (χ3n) is 3.85. The molecule has 15 heavy (non-hydrogen) atoms. The van der Waals surface area contributed by atoms with Crippen LogP contribution < -0.4 is 5.32 Å². The van der Waals surface area contributed by atoms with Gasteiger partial charge in [0.05, 0.1) is 5.41 Å². The first-order chi connectivity index (χ1) is 6.82. The van der Waals surface area contributed by atoms with Gasteiger partial charge in [-0.1, -0.05) is 27.7 Å². The van der Waals surface area contributed by atoms with Crippen molar-refractivity contribution >= 4 is 5.97 Å². The van der Waals surface area contributed by atoms with Gasteiger partial charge in [0.15, 0.2) is 0 Å². The monoisotopic (exact) mass is 213 g/mol. The Morgan fingerprint density at radius 3 is 2.53 bits per heavy atom. The van der Waals surface area contributed by atoms with Gasteiger partial charge in [0.1, 0.15) is 0 Å². The summed E-state index contributed by atoms with van der Waals surface area (Å²) in [6.07, 6.45) is 1.51. The van der Waals surface area contributed by atoms with Crippen LogP contribution in [0, 0.1) is 16.7 Å². The van der Waals surface area contributed by atoms with Crippen LogP contribution in [-0.4, -0.2) is 24.2 Å². The average Bonchev–Trinajstić information content (AvgIpc) is 2.16. The van der Waals surface area contributed by atoms with E-state index in [9.17, 15) is 9.90 Å². The lowest BCUT2D eigenvalue weighted by molar-refractivity contribution is -0.152. The summed E-state index contributed by atoms with van der Waals surface area (Å²) in [5.74, 6) is -0.200. The molecule has 2 atom stereocenters. The van der Waals surface area contributed by atoms with Crippen molar-refractivity contribution in [3.8, 4) is 0 Å². The number of hydrogen-bond donors (Lipinski definition) is 2. The molecule has 0 saturated carbocycles. The van der Waals surface area contributed by atoms with Crippen molar-refractivity contribution in [2.45, 2.75) is 40.5 Å². The number of carboxylic acids is 1. The summed E-state index contributed by atoms with van der Waals surface area (Å²) in [5, 5.41) is 12.6. The first-order valence-corrected chi connectivity index (χ1v) is 5.76. The minimum atomic E-state index is -0.647. The average molecular weight is 213 g/mol. The fourth-order valence-electron chi connectivity index (χ4n) is 2.30. The van der Waals surface area contributed by atoms with Crippen LogP contribution in [-0.2, 0) is 4.79 Å². The van der Waals surface area contributed by atoms with E-state index in [1.807, 2.05) is 6.92 Å². The van der Waals surface area contributed by atoms with Gasteiger partial charge in [0.2, 0.25) is 0 Å². The lowest BCUT2D eigenvalue weighted by atomic mass is 9.66. The molecule has 0 aromatic rings. The molecule has 0 spiro atoms. The molecule has 3 heteroatoms. The number of carboxylic acid groups (broad SMARTS) is 1. The molecule has 1 rings (SSSR count). The van der Waals surface area contributed by atoms with Crippen LogP contribution in [0.4, 0.5) is 0 Å². The second-order valence-corrected chi connectivity index (χ2v) is 5.84. The Labute approximate surface area is 92.3 Å². The minimum absolute atomic E-state index is 0.184. The van der Waals surface area contributed by atoms with Crippen molar-refractivity contribution in [1.82, 2.24) is 5.32 Å². The van der Waals surface area contributed by atoms with E-state index in [2.05, 4.69) is 26.1 Å². The lowest BCUT2D eigenvalue weighted by Gasteiger charge is -2.43. The Morgan fingerprint density at radius 1 is 1.53 bits per heavy atom. The van der Waals surface area contributed by atoms with Crippen molar-refractivity contribution in [3.63, 3.8) is 0 Å². The summed E-state index contributed by atoms with van der Waals surface area (Å²) in [7, 11) is 0. The fourth-order valence-corrected chi connectivity index (χ4v) is 2.30. The van der Waals surface area contributed by atoms with Crippen molar-refractivity contribution in [2.24, 2.45) is 16.7 Å². The third-order valence-corrected chi connectivity index (χ3v) is 3.85. The summed E-state index contributed by atoms with van der Waals surface area (Å²) < 4.78 is 0. The Balaban J connectivity index is 2.82. The van der Waals surface area contributed by atoms with E-state index >= 15 is 0 Å². The summed E-state index contributed by atoms with van der Waals surface area (Å²) in [5.41, 5.74) is -0.362. The molecule has 0 bridgehead atoms. The van der Waals surface area contributed by atoms with Crippen molar-refractivity contribution in [2.75, 3.05) is 13.1 Å². The molecule has 0 aromatic carbocycles. The van der Waals surface area contributed by atoms with Crippen molar-refractivity contribution < 1.29 is 9.90 Å². The zero-order valence-electron chi connectivity index (χ0n) is 10.3. The van der Waals surface area contributed by atoms with Crippen LogP contribution in [0.1, 0.15) is 40.5 Å². The number of nitrogens with one attached hydrogen (secondary N) is 1. The van der Waals surface area contributed by atoms with Gasteiger partial charge in [-0.25, -0.2) is 0 Å². The van der Waals surface area contributed by atoms with Crippen molar-refractivity contribution in [3.05, 3.63) is 0 Å². The number of carbonyl (C=O) groups is 1. The second kappa shape index (κ2) is 4.12. The molecule has 88 valence electrons. The second-order valence-electron chi connectivity index (χ2n) is 5.84. The molecule has 0 radical (unpaired) electrons. The first kappa shape index (κ1) is 12.5. The molecular weight excluding hydrogens is 190 g/mol. The van der Waals surface area contributed by atoms with Gasteiger partial charge >= 0.3 is 5.97 Å². The summed E-state index contributed by atoms with van der Waals surface area (Å²) in [6, 6.07) is 0. The van der Waals surface area contributed by atoms with Crippen LogP contribution in [0.5, 0.6) is 0 Å². The smallest absolute Gasteiger partial charge is 0.310 e. The highest BCUT2D eigenvalue weighted by molar-refractivity contribution is 5.75. The molecule has 0 aliphatic carbocycles. The van der Waals surface area contributed by atoms with E-state index < -0.39 is 11.4 Å². The maximum Gasteiger partial charge on any atom is 0.310 e.